The number of ether oxygens (including phenoxy) is 1. The molecule has 26 heavy (non-hydrogen) atoms. The van der Waals surface area contributed by atoms with E-state index in [2.05, 4.69) is 20.4 Å². The van der Waals surface area contributed by atoms with Crippen molar-refractivity contribution >= 4 is 11.6 Å². The number of aromatic nitrogens is 4. The summed E-state index contributed by atoms with van der Waals surface area (Å²) in [5.41, 5.74) is 2.98. The van der Waals surface area contributed by atoms with Crippen LogP contribution in [0.1, 0.15) is 19.4 Å². The number of hydrogen-bond acceptors (Lipinski definition) is 5. The first-order valence-corrected chi connectivity index (χ1v) is 8.44. The molecule has 0 saturated carbocycles. The number of anilines is 2. The van der Waals surface area contributed by atoms with E-state index in [1.165, 1.54) is 6.07 Å². The minimum absolute atomic E-state index is 0.253. The van der Waals surface area contributed by atoms with E-state index in [0.717, 1.165) is 11.3 Å². The van der Waals surface area contributed by atoms with E-state index in [1.807, 2.05) is 40.1 Å². The predicted octanol–water partition coefficient (Wildman–Crippen LogP) is 4.10. The second-order valence-electron chi connectivity index (χ2n) is 6.60. The van der Waals surface area contributed by atoms with Crippen LogP contribution in [0.3, 0.4) is 0 Å². The van der Waals surface area contributed by atoms with Crippen molar-refractivity contribution in [2.45, 2.75) is 20.8 Å². The number of benzene rings is 1. The summed E-state index contributed by atoms with van der Waals surface area (Å²) >= 11 is 0. The van der Waals surface area contributed by atoms with Crippen molar-refractivity contribution in [3.05, 3.63) is 48.2 Å². The van der Waals surface area contributed by atoms with Crippen LogP contribution in [0, 0.1) is 18.7 Å². The summed E-state index contributed by atoms with van der Waals surface area (Å²) in [5, 5.41) is 7.19. The maximum absolute atomic E-state index is 14.4. The Morgan fingerprint density at radius 3 is 2.73 bits per heavy atom. The van der Waals surface area contributed by atoms with E-state index in [4.69, 9.17) is 4.74 Å². The lowest BCUT2D eigenvalue weighted by Gasteiger charge is -2.12. The van der Waals surface area contributed by atoms with Gasteiger partial charge in [-0.25, -0.2) is 14.4 Å². The highest BCUT2D eigenvalue weighted by atomic mass is 19.1. The van der Waals surface area contributed by atoms with Gasteiger partial charge in [0.1, 0.15) is 0 Å². The number of nitrogens with one attached hydrogen (secondary N) is 1. The average Bonchev–Trinajstić information content (AvgIpc) is 3.00. The normalized spacial score (nSPS) is 11.0. The van der Waals surface area contributed by atoms with Crippen LogP contribution in [-0.4, -0.2) is 26.4 Å². The van der Waals surface area contributed by atoms with Crippen LogP contribution >= 0.6 is 0 Å². The molecule has 0 amide bonds. The molecule has 6 nitrogen and oxygen atoms in total. The van der Waals surface area contributed by atoms with Gasteiger partial charge in [-0.1, -0.05) is 13.8 Å². The topological polar surface area (TPSA) is 64.9 Å². The van der Waals surface area contributed by atoms with E-state index in [0.29, 0.717) is 29.7 Å². The molecule has 2 heterocycles. The van der Waals surface area contributed by atoms with Crippen LogP contribution in [0.5, 0.6) is 5.75 Å². The zero-order chi connectivity index (χ0) is 18.7. The Morgan fingerprint density at radius 2 is 2.08 bits per heavy atom. The van der Waals surface area contributed by atoms with Gasteiger partial charge in [-0.2, -0.15) is 5.10 Å². The molecule has 0 aliphatic rings. The van der Waals surface area contributed by atoms with Crippen molar-refractivity contribution < 1.29 is 9.13 Å². The van der Waals surface area contributed by atoms with Crippen LogP contribution in [0.25, 0.3) is 11.3 Å². The molecule has 3 aromatic rings. The van der Waals surface area contributed by atoms with Crippen LogP contribution in [0.15, 0.2) is 36.8 Å². The largest absolute Gasteiger partial charge is 0.490 e. The molecule has 0 bridgehead atoms. The smallest absolute Gasteiger partial charge is 0.227 e. The lowest BCUT2D eigenvalue weighted by Crippen LogP contribution is -2.06. The molecule has 2 aromatic heterocycles. The summed E-state index contributed by atoms with van der Waals surface area (Å²) in [6, 6.07) is 4.89. The molecule has 7 heteroatoms. The molecular formula is C19H22FN5O. The molecule has 3 rings (SSSR count). The van der Waals surface area contributed by atoms with E-state index < -0.39 is 5.82 Å². The Kier molecular flexibility index (Phi) is 5.16. The molecule has 0 unspecified atom stereocenters. The van der Waals surface area contributed by atoms with Gasteiger partial charge in [-0.15, -0.1) is 0 Å². The van der Waals surface area contributed by atoms with Crippen LogP contribution in [0.4, 0.5) is 16.0 Å². The quantitative estimate of drug-likeness (QED) is 0.721. The first kappa shape index (κ1) is 17.8. The third kappa shape index (κ3) is 4.17. The summed E-state index contributed by atoms with van der Waals surface area (Å²) in [7, 11) is 1.83. The highest BCUT2D eigenvalue weighted by molar-refractivity contribution is 5.65. The lowest BCUT2D eigenvalue weighted by molar-refractivity contribution is 0.259. The molecule has 0 radical (unpaired) electrons. The third-order valence-electron chi connectivity index (χ3n) is 3.71. The molecule has 0 spiro atoms. The Labute approximate surface area is 152 Å². The summed E-state index contributed by atoms with van der Waals surface area (Å²) in [6.45, 7) is 6.41. The Hall–Kier alpha value is -2.96. The second-order valence-corrected chi connectivity index (χ2v) is 6.60. The van der Waals surface area contributed by atoms with Crippen molar-refractivity contribution in [2.24, 2.45) is 13.0 Å². The minimum Gasteiger partial charge on any atom is -0.490 e. The average molecular weight is 355 g/mol. The second kappa shape index (κ2) is 7.51. The van der Waals surface area contributed by atoms with Crippen molar-refractivity contribution in [3.8, 4) is 17.0 Å². The Balaban J connectivity index is 1.86. The van der Waals surface area contributed by atoms with E-state index in [9.17, 15) is 4.39 Å². The van der Waals surface area contributed by atoms with Gasteiger partial charge in [0.2, 0.25) is 5.95 Å². The highest BCUT2D eigenvalue weighted by Crippen LogP contribution is 2.27. The first-order valence-electron chi connectivity index (χ1n) is 8.44. The van der Waals surface area contributed by atoms with Crippen molar-refractivity contribution in [3.63, 3.8) is 0 Å². The van der Waals surface area contributed by atoms with Gasteiger partial charge < -0.3 is 10.1 Å². The maximum Gasteiger partial charge on any atom is 0.227 e. The predicted molar refractivity (Wildman–Crippen MR) is 99.0 cm³/mol. The summed E-state index contributed by atoms with van der Waals surface area (Å²) in [4.78, 5) is 8.81. The maximum atomic E-state index is 14.4. The Morgan fingerprint density at radius 1 is 1.27 bits per heavy atom. The molecular weight excluding hydrogens is 333 g/mol. The summed E-state index contributed by atoms with van der Waals surface area (Å²) in [6.07, 6.45) is 5.22. The molecule has 136 valence electrons. The lowest BCUT2D eigenvalue weighted by atomic mass is 10.1. The molecule has 1 N–H and O–H groups in total. The van der Waals surface area contributed by atoms with Crippen molar-refractivity contribution in [1.82, 2.24) is 19.7 Å². The zero-order valence-corrected chi connectivity index (χ0v) is 15.3. The van der Waals surface area contributed by atoms with Crippen LogP contribution in [-0.2, 0) is 7.05 Å². The van der Waals surface area contributed by atoms with Gasteiger partial charge in [-0.3, -0.25) is 4.68 Å². The van der Waals surface area contributed by atoms with Gasteiger partial charge >= 0.3 is 0 Å². The molecule has 0 atom stereocenters. The van der Waals surface area contributed by atoms with Crippen molar-refractivity contribution in [2.75, 3.05) is 11.9 Å². The zero-order valence-electron chi connectivity index (χ0n) is 15.3. The molecule has 0 saturated heterocycles. The monoisotopic (exact) mass is 355 g/mol. The van der Waals surface area contributed by atoms with Gasteiger partial charge in [0, 0.05) is 25.0 Å². The summed E-state index contributed by atoms with van der Waals surface area (Å²) < 4.78 is 21.6. The highest BCUT2D eigenvalue weighted by Gasteiger charge is 2.12. The molecule has 1 aromatic carbocycles. The minimum atomic E-state index is -0.400. The third-order valence-corrected chi connectivity index (χ3v) is 3.71. The van der Waals surface area contributed by atoms with Gasteiger partial charge in [-0.05, 0) is 36.6 Å². The fraction of sp³-hybridized carbons (Fsp3) is 0.316. The van der Waals surface area contributed by atoms with Crippen LogP contribution < -0.4 is 10.1 Å². The standard InChI is InChI=1S/C19H22FN5O/c1-12(2)11-26-17-6-5-14(7-16(17)20)18-13(3)8-21-19(24-18)23-15-9-22-25(4)10-15/h5-10,12H,11H2,1-4H3,(H,21,23,24). The molecule has 0 aliphatic carbocycles. The molecule has 0 fully saturated rings. The SMILES string of the molecule is Cc1cnc(Nc2cnn(C)c2)nc1-c1ccc(OCC(C)C)c(F)c1. The fourth-order valence-electron chi connectivity index (χ4n) is 2.43. The fourth-order valence-corrected chi connectivity index (χ4v) is 2.43. The van der Waals surface area contributed by atoms with Crippen LogP contribution in [0.2, 0.25) is 0 Å². The number of nitrogens with zero attached hydrogens (tertiary/aromatic N) is 4. The van der Waals surface area contributed by atoms with Gasteiger partial charge in [0.05, 0.1) is 24.2 Å². The molecule has 0 aliphatic heterocycles. The van der Waals surface area contributed by atoms with Gasteiger partial charge in [0.25, 0.3) is 0 Å². The number of aryl methyl sites for hydroxylation is 2. The number of hydrogen-bond donors (Lipinski definition) is 1. The number of rotatable bonds is 6. The first-order chi connectivity index (χ1) is 12.4. The van der Waals surface area contributed by atoms with Gasteiger partial charge in [0.15, 0.2) is 11.6 Å². The number of halogens is 1. The van der Waals surface area contributed by atoms with E-state index in [1.54, 1.807) is 23.1 Å². The van der Waals surface area contributed by atoms with E-state index in [-0.39, 0.29) is 5.75 Å². The van der Waals surface area contributed by atoms with Crippen molar-refractivity contribution in [1.29, 1.82) is 0 Å². The summed E-state index contributed by atoms with van der Waals surface area (Å²) in [5.74, 6) is 0.615. The Bertz CT molecular complexity index is 907. The van der Waals surface area contributed by atoms with E-state index >= 15 is 0 Å².